The van der Waals surface area contributed by atoms with E-state index in [-0.39, 0.29) is 11.9 Å². The highest BCUT2D eigenvalue weighted by molar-refractivity contribution is 6.30. The predicted octanol–water partition coefficient (Wildman–Crippen LogP) is 3.41. The van der Waals surface area contributed by atoms with Crippen molar-refractivity contribution in [2.45, 2.75) is 39.2 Å². The number of rotatable bonds is 7. The molecule has 1 amide bonds. The topological polar surface area (TPSA) is 38.3 Å². The SMILES string of the molecule is CC[C@@H](C)NC(=O)CCCOc1ccc(Cl)cc1. The summed E-state index contributed by atoms with van der Waals surface area (Å²) in [6.45, 7) is 4.59. The molecule has 0 heterocycles. The Bertz CT molecular complexity index is 365. The number of halogens is 1. The van der Waals surface area contributed by atoms with Crippen molar-refractivity contribution < 1.29 is 9.53 Å². The fourth-order valence-corrected chi connectivity index (χ4v) is 1.53. The number of benzene rings is 1. The van der Waals surface area contributed by atoms with Gasteiger partial charge in [0.2, 0.25) is 5.91 Å². The number of amides is 1. The number of nitrogens with one attached hydrogen (secondary N) is 1. The average molecular weight is 270 g/mol. The molecule has 0 aliphatic heterocycles. The summed E-state index contributed by atoms with van der Waals surface area (Å²) < 4.78 is 5.50. The standard InChI is InChI=1S/C14H20ClNO2/c1-3-11(2)16-14(17)5-4-10-18-13-8-6-12(15)7-9-13/h6-9,11H,3-5,10H2,1-2H3,(H,16,17)/t11-/m1/s1. The highest BCUT2D eigenvalue weighted by atomic mass is 35.5. The van der Waals surface area contributed by atoms with E-state index in [1.165, 1.54) is 0 Å². The second-order valence-electron chi connectivity index (χ2n) is 4.28. The van der Waals surface area contributed by atoms with Gasteiger partial charge in [0.05, 0.1) is 6.61 Å². The summed E-state index contributed by atoms with van der Waals surface area (Å²) in [5.74, 6) is 0.866. The molecule has 1 rings (SSSR count). The molecule has 0 spiro atoms. The zero-order chi connectivity index (χ0) is 13.4. The second kappa shape index (κ2) is 7.98. The van der Waals surface area contributed by atoms with Gasteiger partial charge in [-0.15, -0.1) is 0 Å². The molecule has 1 N–H and O–H groups in total. The third-order valence-corrected chi connectivity index (χ3v) is 2.90. The van der Waals surface area contributed by atoms with E-state index in [9.17, 15) is 4.79 Å². The van der Waals surface area contributed by atoms with Crippen LogP contribution in [-0.2, 0) is 4.79 Å². The van der Waals surface area contributed by atoms with Crippen LogP contribution in [0.25, 0.3) is 0 Å². The monoisotopic (exact) mass is 269 g/mol. The molecule has 1 aromatic carbocycles. The van der Waals surface area contributed by atoms with Crippen molar-refractivity contribution >= 4 is 17.5 Å². The fraction of sp³-hybridized carbons (Fsp3) is 0.500. The van der Waals surface area contributed by atoms with Crippen LogP contribution in [0.1, 0.15) is 33.1 Å². The van der Waals surface area contributed by atoms with Crippen LogP contribution in [0.15, 0.2) is 24.3 Å². The molecule has 1 aromatic rings. The quantitative estimate of drug-likeness (QED) is 0.771. The van der Waals surface area contributed by atoms with Crippen molar-refractivity contribution in [3.8, 4) is 5.75 Å². The highest BCUT2D eigenvalue weighted by Crippen LogP contribution is 2.15. The Morgan fingerprint density at radius 2 is 2.06 bits per heavy atom. The molecule has 0 radical (unpaired) electrons. The predicted molar refractivity (Wildman–Crippen MR) is 74.1 cm³/mol. The largest absolute Gasteiger partial charge is 0.494 e. The number of carbonyl (C=O) groups is 1. The van der Waals surface area contributed by atoms with Gasteiger partial charge in [0.15, 0.2) is 0 Å². The van der Waals surface area contributed by atoms with Crippen molar-refractivity contribution in [1.29, 1.82) is 0 Å². The molecule has 0 saturated heterocycles. The average Bonchev–Trinajstić information content (AvgIpc) is 2.36. The van der Waals surface area contributed by atoms with E-state index >= 15 is 0 Å². The van der Waals surface area contributed by atoms with E-state index in [4.69, 9.17) is 16.3 Å². The number of hydrogen-bond acceptors (Lipinski definition) is 2. The lowest BCUT2D eigenvalue weighted by atomic mass is 10.2. The van der Waals surface area contributed by atoms with E-state index in [0.717, 1.165) is 12.2 Å². The molecule has 0 aromatic heterocycles. The Labute approximate surface area is 113 Å². The van der Waals surface area contributed by atoms with Gasteiger partial charge in [-0.05, 0) is 44.0 Å². The van der Waals surface area contributed by atoms with Gasteiger partial charge < -0.3 is 10.1 Å². The van der Waals surface area contributed by atoms with Crippen molar-refractivity contribution in [1.82, 2.24) is 5.32 Å². The lowest BCUT2D eigenvalue weighted by Gasteiger charge is -2.11. The van der Waals surface area contributed by atoms with Crippen LogP contribution in [0, 0.1) is 0 Å². The molecule has 4 heteroatoms. The molecule has 1 atom stereocenters. The van der Waals surface area contributed by atoms with E-state index in [1.54, 1.807) is 12.1 Å². The summed E-state index contributed by atoms with van der Waals surface area (Å²) >= 11 is 5.77. The zero-order valence-corrected chi connectivity index (χ0v) is 11.7. The third kappa shape index (κ3) is 5.92. The van der Waals surface area contributed by atoms with Gasteiger partial charge in [-0.3, -0.25) is 4.79 Å². The van der Waals surface area contributed by atoms with Gasteiger partial charge in [-0.25, -0.2) is 0 Å². The van der Waals surface area contributed by atoms with E-state index in [2.05, 4.69) is 12.2 Å². The van der Waals surface area contributed by atoms with Crippen LogP contribution in [0.2, 0.25) is 5.02 Å². The van der Waals surface area contributed by atoms with Crippen LogP contribution in [0.5, 0.6) is 5.75 Å². The molecule has 3 nitrogen and oxygen atoms in total. The summed E-state index contributed by atoms with van der Waals surface area (Å²) in [7, 11) is 0. The minimum atomic E-state index is 0.0871. The first-order chi connectivity index (χ1) is 8.61. The summed E-state index contributed by atoms with van der Waals surface area (Å²) in [5.41, 5.74) is 0. The molecule has 0 fully saturated rings. The summed E-state index contributed by atoms with van der Waals surface area (Å²) in [5, 5.41) is 3.61. The summed E-state index contributed by atoms with van der Waals surface area (Å²) in [4.78, 5) is 11.5. The Balaban J connectivity index is 2.15. The first kappa shape index (κ1) is 14.8. The number of carbonyl (C=O) groups excluding carboxylic acids is 1. The molecular weight excluding hydrogens is 250 g/mol. The summed E-state index contributed by atoms with van der Waals surface area (Å²) in [6, 6.07) is 7.46. The Morgan fingerprint density at radius 3 is 2.67 bits per heavy atom. The van der Waals surface area contributed by atoms with Crippen LogP contribution >= 0.6 is 11.6 Å². The minimum Gasteiger partial charge on any atom is -0.494 e. The Kier molecular flexibility index (Phi) is 6.58. The van der Waals surface area contributed by atoms with Crippen molar-refractivity contribution in [3.05, 3.63) is 29.3 Å². The molecule has 0 bridgehead atoms. The second-order valence-corrected chi connectivity index (χ2v) is 4.72. The molecular formula is C14H20ClNO2. The minimum absolute atomic E-state index is 0.0871. The van der Waals surface area contributed by atoms with Gasteiger partial charge in [-0.1, -0.05) is 18.5 Å². The van der Waals surface area contributed by atoms with Gasteiger partial charge in [0, 0.05) is 17.5 Å². The van der Waals surface area contributed by atoms with Crippen LogP contribution in [0.3, 0.4) is 0 Å². The van der Waals surface area contributed by atoms with Gasteiger partial charge in [0.1, 0.15) is 5.75 Å². The maximum atomic E-state index is 11.5. The Hall–Kier alpha value is -1.22. The van der Waals surface area contributed by atoms with E-state index in [1.807, 2.05) is 19.1 Å². The molecule has 0 aliphatic rings. The maximum absolute atomic E-state index is 11.5. The van der Waals surface area contributed by atoms with Crippen molar-refractivity contribution in [3.63, 3.8) is 0 Å². The first-order valence-corrected chi connectivity index (χ1v) is 6.67. The lowest BCUT2D eigenvalue weighted by molar-refractivity contribution is -0.121. The normalized spacial score (nSPS) is 11.9. The van der Waals surface area contributed by atoms with Crippen molar-refractivity contribution in [2.24, 2.45) is 0 Å². The Morgan fingerprint density at radius 1 is 1.39 bits per heavy atom. The van der Waals surface area contributed by atoms with E-state index < -0.39 is 0 Å². The number of ether oxygens (including phenoxy) is 1. The molecule has 0 saturated carbocycles. The van der Waals surface area contributed by atoms with Crippen LogP contribution in [0.4, 0.5) is 0 Å². The van der Waals surface area contributed by atoms with Gasteiger partial charge in [0.25, 0.3) is 0 Å². The summed E-state index contributed by atoms with van der Waals surface area (Å²) in [6.07, 6.45) is 2.16. The molecule has 0 unspecified atom stereocenters. The van der Waals surface area contributed by atoms with Crippen molar-refractivity contribution in [2.75, 3.05) is 6.61 Å². The van der Waals surface area contributed by atoms with Gasteiger partial charge >= 0.3 is 0 Å². The molecule has 100 valence electrons. The lowest BCUT2D eigenvalue weighted by Crippen LogP contribution is -2.31. The smallest absolute Gasteiger partial charge is 0.220 e. The highest BCUT2D eigenvalue weighted by Gasteiger charge is 2.04. The maximum Gasteiger partial charge on any atom is 0.220 e. The van der Waals surface area contributed by atoms with Crippen LogP contribution < -0.4 is 10.1 Å². The van der Waals surface area contributed by atoms with Crippen LogP contribution in [-0.4, -0.2) is 18.6 Å². The molecule has 18 heavy (non-hydrogen) atoms. The van der Waals surface area contributed by atoms with E-state index in [0.29, 0.717) is 24.5 Å². The molecule has 0 aliphatic carbocycles. The zero-order valence-electron chi connectivity index (χ0n) is 10.9. The fourth-order valence-electron chi connectivity index (χ4n) is 1.40. The number of hydrogen-bond donors (Lipinski definition) is 1. The third-order valence-electron chi connectivity index (χ3n) is 2.65. The first-order valence-electron chi connectivity index (χ1n) is 6.29. The van der Waals surface area contributed by atoms with Gasteiger partial charge in [-0.2, -0.15) is 0 Å².